The summed E-state index contributed by atoms with van der Waals surface area (Å²) < 4.78 is 5.53. The van der Waals surface area contributed by atoms with Crippen LogP contribution in [0.25, 0.3) is 0 Å². The lowest BCUT2D eigenvalue weighted by atomic mass is 10.1. The van der Waals surface area contributed by atoms with Gasteiger partial charge >= 0.3 is 0 Å². The Morgan fingerprint density at radius 1 is 0.952 bits per heavy atom. The molecule has 0 saturated carbocycles. The molecule has 21 heavy (non-hydrogen) atoms. The molecule has 2 nitrogen and oxygen atoms in total. The minimum absolute atomic E-state index is 0.0668. The second kappa shape index (κ2) is 7.31. The SMILES string of the molecule is CCCOc1ccc(C#Cc2ccc(C(C)=O)cc2)cc1. The molecule has 0 aromatic heterocycles. The highest BCUT2D eigenvalue weighted by Crippen LogP contribution is 2.12. The van der Waals surface area contributed by atoms with Gasteiger partial charge in [0.25, 0.3) is 0 Å². The lowest BCUT2D eigenvalue weighted by molar-refractivity contribution is 0.101. The summed E-state index contributed by atoms with van der Waals surface area (Å²) in [7, 11) is 0. The minimum Gasteiger partial charge on any atom is -0.494 e. The van der Waals surface area contributed by atoms with E-state index in [2.05, 4.69) is 18.8 Å². The fraction of sp³-hybridized carbons (Fsp3) is 0.211. The molecule has 0 aliphatic rings. The van der Waals surface area contributed by atoms with Crippen molar-refractivity contribution in [1.29, 1.82) is 0 Å². The zero-order valence-corrected chi connectivity index (χ0v) is 12.3. The summed E-state index contributed by atoms with van der Waals surface area (Å²) in [5, 5.41) is 0. The second-order valence-corrected chi connectivity index (χ2v) is 4.76. The Kier molecular flexibility index (Phi) is 5.17. The van der Waals surface area contributed by atoms with Gasteiger partial charge in [0, 0.05) is 16.7 Å². The van der Waals surface area contributed by atoms with Gasteiger partial charge in [0.2, 0.25) is 0 Å². The van der Waals surface area contributed by atoms with Crippen LogP contribution in [0, 0.1) is 11.8 Å². The van der Waals surface area contributed by atoms with Gasteiger partial charge in [-0.25, -0.2) is 0 Å². The number of benzene rings is 2. The molecule has 0 aliphatic carbocycles. The van der Waals surface area contributed by atoms with Crippen molar-refractivity contribution in [2.24, 2.45) is 0 Å². The van der Waals surface area contributed by atoms with Crippen molar-refractivity contribution in [3.8, 4) is 17.6 Å². The lowest BCUT2D eigenvalue weighted by Gasteiger charge is -2.03. The van der Waals surface area contributed by atoms with E-state index in [1.165, 1.54) is 0 Å². The van der Waals surface area contributed by atoms with Crippen LogP contribution < -0.4 is 4.74 Å². The number of ketones is 1. The molecule has 0 N–H and O–H groups in total. The summed E-state index contributed by atoms with van der Waals surface area (Å²) in [6.45, 7) is 4.37. The number of rotatable bonds is 4. The first-order chi connectivity index (χ1) is 10.2. The van der Waals surface area contributed by atoms with Crippen LogP contribution in [0.15, 0.2) is 48.5 Å². The van der Waals surface area contributed by atoms with E-state index in [-0.39, 0.29) is 5.78 Å². The van der Waals surface area contributed by atoms with E-state index in [4.69, 9.17) is 4.74 Å². The molecule has 0 atom stereocenters. The standard InChI is InChI=1S/C19H18O2/c1-3-14-21-19-12-8-17(9-13-19)5-4-16-6-10-18(11-7-16)15(2)20/h6-13H,3,14H2,1-2H3. The molecule has 0 bridgehead atoms. The first kappa shape index (κ1) is 14.9. The molecule has 0 spiro atoms. The Bertz CT molecular complexity index is 655. The third-order valence-corrected chi connectivity index (χ3v) is 2.97. The number of ether oxygens (including phenoxy) is 1. The van der Waals surface area contributed by atoms with Crippen LogP contribution in [0.2, 0.25) is 0 Å². The third kappa shape index (κ3) is 4.50. The third-order valence-electron chi connectivity index (χ3n) is 2.97. The first-order valence-corrected chi connectivity index (χ1v) is 7.05. The minimum atomic E-state index is 0.0668. The molecule has 106 valence electrons. The molecular weight excluding hydrogens is 260 g/mol. The van der Waals surface area contributed by atoms with Gasteiger partial charge in [-0.05, 0) is 49.7 Å². The summed E-state index contributed by atoms with van der Waals surface area (Å²) in [6.07, 6.45) is 0.998. The molecule has 0 aliphatic heterocycles. The van der Waals surface area contributed by atoms with Gasteiger partial charge in [0.05, 0.1) is 6.61 Å². The molecule has 0 heterocycles. The largest absolute Gasteiger partial charge is 0.494 e. The topological polar surface area (TPSA) is 26.3 Å². The van der Waals surface area contributed by atoms with Crippen LogP contribution in [0.4, 0.5) is 0 Å². The quantitative estimate of drug-likeness (QED) is 0.622. The zero-order valence-electron chi connectivity index (χ0n) is 12.3. The average Bonchev–Trinajstić information content (AvgIpc) is 2.52. The average molecular weight is 278 g/mol. The zero-order chi connectivity index (χ0) is 15.1. The molecule has 2 aromatic carbocycles. The van der Waals surface area contributed by atoms with E-state index in [0.717, 1.165) is 29.9 Å². The number of Topliss-reactive ketones (excluding diaryl/α,β-unsaturated/α-hetero) is 1. The van der Waals surface area contributed by atoms with Gasteiger partial charge in [0.15, 0.2) is 5.78 Å². The molecule has 0 fully saturated rings. The molecule has 2 rings (SSSR count). The van der Waals surface area contributed by atoms with Crippen LogP contribution in [0.5, 0.6) is 5.75 Å². The Labute approximate surface area is 125 Å². The van der Waals surface area contributed by atoms with Crippen molar-refractivity contribution in [1.82, 2.24) is 0 Å². The Morgan fingerprint density at radius 2 is 1.48 bits per heavy atom. The van der Waals surface area contributed by atoms with Crippen molar-refractivity contribution >= 4 is 5.78 Å². The van der Waals surface area contributed by atoms with Crippen LogP contribution in [0.3, 0.4) is 0 Å². The van der Waals surface area contributed by atoms with Gasteiger partial charge < -0.3 is 4.74 Å². The molecule has 2 heteroatoms. The number of carbonyl (C=O) groups is 1. The monoisotopic (exact) mass is 278 g/mol. The maximum absolute atomic E-state index is 11.2. The number of carbonyl (C=O) groups excluding carboxylic acids is 1. The van der Waals surface area contributed by atoms with Gasteiger partial charge in [-0.1, -0.05) is 30.9 Å². The summed E-state index contributed by atoms with van der Waals surface area (Å²) in [6, 6.07) is 15.1. The van der Waals surface area contributed by atoms with Crippen LogP contribution in [0.1, 0.15) is 41.8 Å². The fourth-order valence-electron chi connectivity index (χ4n) is 1.79. The maximum Gasteiger partial charge on any atom is 0.159 e. The van der Waals surface area contributed by atoms with Crippen molar-refractivity contribution in [2.45, 2.75) is 20.3 Å². The highest BCUT2D eigenvalue weighted by Gasteiger charge is 1.97. The highest BCUT2D eigenvalue weighted by molar-refractivity contribution is 5.94. The van der Waals surface area contributed by atoms with E-state index in [1.807, 2.05) is 36.4 Å². The normalized spacial score (nSPS) is 9.62. The molecule has 2 aromatic rings. The van der Waals surface area contributed by atoms with Gasteiger partial charge in [0.1, 0.15) is 5.75 Å². The fourth-order valence-corrected chi connectivity index (χ4v) is 1.79. The van der Waals surface area contributed by atoms with Crippen LogP contribution in [-0.2, 0) is 0 Å². The Balaban J connectivity index is 2.06. The molecule has 0 radical (unpaired) electrons. The highest BCUT2D eigenvalue weighted by atomic mass is 16.5. The van der Waals surface area contributed by atoms with E-state index in [0.29, 0.717) is 5.56 Å². The molecular formula is C19H18O2. The van der Waals surface area contributed by atoms with Gasteiger partial charge in [-0.15, -0.1) is 0 Å². The Hall–Kier alpha value is -2.53. The Morgan fingerprint density at radius 3 is 1.95 bits per heavy atom. The molecule has 0 amide bonds. The van der Waals surface area contributed by atoms with Gasteiger partial charge in [-0.3, -0.25) is 4.79 Å². The van der Waals surface area contributed by atoms with Crippen LogP contribution >= 0.6 is 0 Å². The molecule has 0 unspecified atom stereocenters. The van der Waals surface area contributed by atoms with E-state index < -0.39 is 0 Å². The van der Waals surface area contributed by atoms with Crippen molar-refractivity contribution in [2.75, 3.05) is 6.61 Å². The summed E-state index contributed by atoms with van der Waals surface area (Å²) in [5.74, 6) is 7.13. The number of hydrogen-bond donors (Lipinski definition) is 0. The van der Waals surface area contributed by atoms with Crippen LogP contribution in [-0.4, -0.2) is 12.4 Å². The smallest absolute Gasteiger partial charge is 0.159 e. The predicted octanol–water partition coefficient (Wildman–Crippen LogP) is 4.08. The predicted molar refractivity (Wildman–Crippen MR) is 84.7 cm³/mol. The maximum atomic E-state index is 11.2. The summed E-state index contributed by atoms with van der Waals surface area (Å²) in [5.41, 5.74) is 2.54. The van der Waals surface area contributed by atoms with E-state index in [1.54, 1.807) is 19.1 Å². The van der Waals surface area contributed by atoms with Gasteiger partial charge in [-0.2, -0.15) is 0 Å². The van der Waals surface area contributed by atoms with E-state index >= 15 is 0 Å². The summed E-state index contributed by atoms with van der Waals surface area (Å²) in [4.78, 5) is 11.2. The van der Waals surface area contributed by atoms with Crippen molar-refractivity contribution < 1.29 is 9.53 Å². The first-order valence-electron chi connectivity index (χ1n) is 7.05. The molecule has 0 saturated heterocycles. The number of hydrogen-bond acceptors (Lipinski definition) is 2. The van der Waals surface area contributed by atoms with Crippen molar-refractivity contribution in [3.63, 3.8) is 0 Å². The summed E-state index contributed by atoms with van der Waals surface area (Å²) >= 11 is 0. The second-order valence-electron chi connectivity index (χ2n) is 4.76. The van der Waals surface area contributed by atoms with E-state index in [9.17, 15) is 4.79 Å². The van der Waals surface area contributed by atoms with Crippen molar-refractivity contribution in [3.05, 3.63) is 65.2 Å². The lowest BCUT2D eigenvalue weighted by Crippen LogP contribution is -1.94.